The summed E-state index contributed by atoms with van der Waals surface area (Å²) in [5.41, 5.74) is 2.60. The lowest BCUT2D eigenvalue weighted by Crippen LogP contribution is -2.39. The molecule has 7 rings (SSSR count). The highest BCUT2D eigenvalue weighted by Gasteiger charge is 2.48. The van der Waals surface area contributed by atoms with Crippen LogP contribution < -0.4 is 10.1 Å². The van der Waals surface area contributed by atoms with Gasteiger partial charge in [0.25, 0.3) is 11.9 Å². The molecule has 4 aliphatic rings. The second kappa shape index (κ2) is 10.7. The molecule has 4 N–H and O–H groups in total. The van der Waals surface area contributed by atoms with Gasteiger partial charge in [0.1, 0.15) is 29.9 Å². The number of hydrogen-bond acceptors (Lipinski definition) is 9. The number of carbonyl (C=O) groups excluding carboxylic acids is 1. The average molecular weight is 588 g/mol. The van der Waals surface area contributed by atoms with Crippen LogP contribution in [-0.2, 0) is 15.9 Å². The van der Waals surface area contributed by atoms with E-state index in [-0.39, 0.29) is 49.8 Å². The van der Waals surface area contributed by atoms with Crippen LogP contribution in [0.5, 0.6) is 6.01 Å². The summed E-state index contributed by atoms with van der Waals surface area (Å²) in [6.45, 7) is 1.72. The molecule has 0 bridgehead atoms. The van der Waals surface area contributed by atoms with Crippen LogP contribution in [-0.4, -0.2) is 93.3 Å². The number of benzene rings is 1. The van der Waals surface area contributed by atoms with E-state index >= 15 is 4.39 Å². The van der Waals surface area contributed by atoms with E-state index in [1.54, 1.807) is 17.0 Å². The number of carbonyl (C=O) groups is 1. The molecule has 5 heterocycles. The molecule has 5 atom stereocenters. The predicted molar refractivity (Wildman–Crippen MR) is 146 cm³/mol. The maximum absolute atomic E-state index is 15.4. The quantitative estimate of drug-likeness (QED) is 0.342. The monoisotopic (exact) mass is 587 g/mol. The molecule has 13 heteroatoms. The summed E-state index contributed by atoms with van der Waals surface area (Å²) in [6, 6.07) is 4.66. The van der Waals surface area contributed by atoms with Crippen molar-refractivity contribution in [2.75, 3.05) is 38.2 Å². The van der Waals surface area contributed by atoms with Crippen molar-refractivity contribution in [3.8, 4) is 6.01 Å². The number of aliphatic hydroxyl groups excluding tert-OH is 2. The van der Waals surface area contributed by atoms with Gasteiger partial charge in [0.2, 0.25) is 0 Å². The number of nitrogens with zero attached hydrogens (tertiary/aromatic N) is 3. The predicted octanol–water partition coefficient (Wildman–Crippen LogP) is 2.60. The summed E-state index contributed by atoms with van der Waals surface area (Å²) in [6.07, 6.45) is 0.835. The number of hydrogen-bond donors (Lipinski definition) is 4. The Morgan fingerprint density at radius 3 is 2.78 bits per heavy atom. The van der Waals surface area contributed by atoms with Gasteiger partial charge in [-0.1, -0.05) is 11.6 Å². The minimum atomic E-state index is -0.675. The lowest BCUT2D eigenvalue weighted by atomic mass is 9.96. The van der Waals surface area contributed by atoms with E-state index in [1.165, 1.54) is 6.07 Å². The van der Waals surface area contributed by atoms with Crippen LogP contribution in [0, 0.1) is 11.7 Å². The largest absolute Gasteiger partial charge is 0.456 e. The maximum atomic E-state index is 15.4. The summed E-state index contributed by atoms with van der Waals surface area (Å²) < 4.78 is 32.6. The number of ether oxygens (including phenoxy) is 3. The topological polar surface area (TPSA) is 142 Å². The van der Waals surface area contributed by atoms with Gasteiger partial charge >= 0.3 is 0 Å². The molecule has 2 aromatic heterocycles. The zero-order valence-electron chi connectivity index (χ0n) is 22.2. The van der Waals surface area contributed by atoms with Crippen molar-refractivity contribution in [3.63, 3.8) is 0 Å². The summed E-state index contributed by atoms with van der Waals surface area (Å²) >= 11 is 6.55. The highest BCUT2D eigenvalue weighted by Crippen LogP contribution is 2.38. The zero-order valence-corrected chi connectivity index (χ0v) is 22.9. The van der Waals surface area contributed by atoms with Gasteiger partial charge in [0.15, 0.2) is 11.8 Å². The fourth-order valence-electron chi connectivity index (χ4n) is 6.39. The number of piperidine rings is 1. The summed E-state index contributed by atoms with van der Waals surface area (Å²) in [7, 11) is 0. The third-order valence-corrected chi connectivity index (χ3v) is 8.92. The first-order valence-corrected chi connectivity index (χ1v) is 14.4. The van der Waals surface area contributed by atoms with Crippen LogP contribution in [0.1, 0.15) is 46.8 Å². The molecule has 3 fully saturated rings. The fraction of sp³-hybridized carbons (Fsp3) is 0.536. The highest BCUT2D eigenvalue weighted by atomic mass is 35.5. The van der Waals surface area contributed by atoms with Gasteiger partial charge in [0, 0.05) is 30.8 Å². The molecule has 1 aromatic carbocycles. The Labute approximate surface area is 240 Å². The number of amides is 1. The van der Waals surface area contributed by atoms with Crippen LogP contribution in [0.2, 0.25) is 5.02 Å². The number of aryl methyl sites for hydroxylation is 1. The van der Waals surface area contributed by atoms with Gasteiger partial charge in [-0.3, -0.25) is 4.79 Å². The smallest absolute Gasteiger partial charge is 0.296 e. The second-order valence-electron chi connectivity index (χ2n) is 11.2. The summed E-state index contributed by atoms with van der Waals surface area (Å²) in [5, 5.41) is 22.9. The number of rotatable bonds is 6. The average Bonchev–Trinajstić information content (AvgIpc) is 3.75. The number of fused-ring (bicyclic) bond motifs is 3. The number of halogens is 2. The van der Waals surface area contributed by atoms with Crippen molar-refractivity contribution < 1.29 is 33.6 Å². The molecule has 3 aliphatic heterocycles. The molecule has 3 aromatic rings. The van der Waals surface area contributed by atoms with Gasteiger partial charge in [-0.05, 0) is 55.4 Å². The van der Waals surface area contributed by atoms with Crippen LogP contribution in [0.25, 0.3) is 11.2 Å². The first-order valence-electron chi connectivity index (χ1n) is 14.0. The van der Waals surface area contributed by atoms with Crippen molar-refractivity contribution >= 4 is 34.5 Å². The minimum absolute atomic E-state index is 0.128. The fourth-order valence-corrected chi connectivity index (χ4v) is 6.60. The van der Waals surface area contributed by atoms with Crippen LogP contribution in [0.3, 0.4) is 0 Å². The lowest BCUT2D eigenvalue weighted by Gasteiger charge is -2.31. The summed E-state index contributed by atoms with van der Waals surface area (Å²) in [5.74, 6) is -0.0291. The van der Waals surface area contributed by atoms with Crippen molar-refractivity contribution in [2.45, 2.75) is 56.1 Å². The number of H-pyrrole nitrogens is 1. The molecule has 0 saturated carbocycles. The number of anilines is 1. The van der Waals surface area contributed by atoms with E-state index in [2.05, 4.69) is 20.3 Å². The maximum Gasteiger partial charge on any atom is 0.296 e. The van der Waals surface area contributed by atoms with Crippen molar-refractivity contribution in [1.82, 2.24) is 19.9 Å². The number of aliphatic hydroxyl groups is 2. The molecule has 1 amide bonds. The van der Waals surface area contributed by atoms with Crippen LogP contribution >= 0.6 is 11.6 Å². The number of pyridine rings is 1. The third-order valence-electron chi connectivity index (χ3n) is 8.63. The molecule has 0 spiro atoms. The Kier molecular flexibility index (Phi) is 6.98. The normalized spacial score (nSPS) is 27.8. The first-order chi connectivity index (χ1) is 19.9. The Morgan fingerprint density at radius 2 is 1.98 bits per heavy atom. The van der Waals surface area contributed by atoms with Crippen LogP contribution in [0.4, 0.5) is 10.2 Å². The second-order valence-corrected chi connectivity index (χ2v) is 11.6. The third kappa shape index (κ3) is 4.91. The molecule has 218 valence electrons. The molecule has 0 radical (unpaired) electrons. The highest BCUT2D eigenvalue weighted by molar-refractivity contribution is 6.33. The van der Waals surface area contributed by atoms with E-state index in [0.29, 0.717) is 59.1 Å². The minimum Gasteiger partial charge on any atom is -0.456 e. The van der Waals surface area contributed by atoms with Gasteiger partial charge in [-0.25, -0.2) is 9.37 Å². The molecular weight excluding hydrogens is 557 g/mol. The molecule has 41 heavy (non-hydrogen) atoms. The molecule has 11 nitrogen and oxygen atoms in total. The van der Waals surface area contributed by atoms with E-state index in [9.17, 15) is 15.0 Å². The van der Waals surface area contributed by atoms with E-state index in [0.717, 1.165) is 18.4 Å². The van der Waals surface area contributed by atoms with Crippen molar-refractivity contribution in [2.24, 2.45) is 5.92 Å². The number of nitrogens with one attached hydrogen (secondary N) is 2. The van der Waals surface area contributed by atoms with E-state index < -0.39 is 24.1 Å². The standard InChI is InChI=1S/C28H31ClFN5O6/c29-16-9-19-26(34-28(32-19)41-21-12-40-23-20(37)11-39-24(21)23)33-25(16)31-18-2-1-14-7-15(8-17(30)22(14)18)27(38)35-5-3-13(10-36)4-6-35/h7-9,13,18,20-21,23-24,36-37H,1-6,10-12H2,(H2,31,32,33,34)/t18?,20-,21-,23?,24-/m1/s1. The van der Waals surface area contributed by atoms with Crippen molar-refractivity contribution in [3.05, 3.63) is 45.7 Å². The van der Waals surface area contributed by atoms with Gasteiger partial charge in [0.05, 0.1) is 29.8 Å². The Balaban J connectivity index is 1.06. The molecular formula is C28H31ClFN5O6. The molecule has 1 aliphatic carbocycles. The van der Waals surface area contributed by atoms with E-state index in [1.807, 2.05) is 0 Å². The number of likely N-dealkylation sites (tertiary alicyclic amines) is 1. The lowest BCUT2D eigenvalue weighted by molar-refractivity contribution is 0.00706. The Bertz CT molecular complexity index is 1480. The van der Waals surface area contributed by atoms with Crippen molar-refractivity contribution in [1.29, 1.82) is 0 Å². The van der Waals surface area contributed by atoms with Gasteiger partial charge < -0.3 is 39.6 Å². The number of aromatic nitrogens is 3. The van der Waals surface area contributed by atoms with Crippen LogP contribution in [0.15, 0.2) is 18.2 Å². The van der Waals surface area contributed by atoms with E-state index in [4.69, 9.17) is 25.8 Å². The Morgan fingerprint density at radius 1 is 1.17 bits per heavy atom. The molecule has 3 saturated heterocycles. The first kappa shape index (κ1) is 26.8. The molecule has 2 unspecified atom stereocenters. The Hall–Kier alpha value is -3.03. The number of imidazole rings is 1. The summed E-state index contributed by atoms with van der Waals surface area (Å²) in [4.78, 5) is 26.9. The zero-order chi connectivity index (χ0) is 28.2. The van der Waals surface area contributed by atoms with Gasteiger partial charge in [-0.2, -0.15) is 4.98 Å². The van der Waals surface area contributed by atoms with Gasteiger partial charge in [-0.15, -0.1) is 0 Å². The number of aromatic amines is 1. The SMILES string of the molecule is O=C(c1cc(F)c2c(c1)CCC2Nc1nc2nc(O[C@@H]3COC4[C@H](O)CO[C@@H]43)[nH]c2cc1Cl)N1CCC(CO)CC1.